The molecule has 0 aliphatic heterocycles. The molecule has 0 spiro atoms. The van der Waals surface area contributed by atoms with Crippen molar-refractivity contribution in [2.24, 2.45) is 0 Å². The molecule has 0 atom stereocenters. The van der Waals surface area contributed by atoms with Crippen molar-refractivity contribution < 1.29 is 17.5 Å². The summed E-state index contributed by atoms with van der Waals surface area (Å²) in [6.07, 6.45) is 12.9. The van der Waals surface area contributed by atoms with Crippen molar-refractivity contribution >= 4 is 38.7 Å². The molecular formula is C30H37N2O3S+. The summed E-state index contributed by atoms with van der Waals surface area (Å²) in [5.74, 6) is -0.228. The zero-order valence-corrected chi connectivity index (χ0v) is 22.5. The number of nitrogens with zero attached hydrogens (tertiary/aromatic N) is 2. The highest BCUT2D eigenvalue weighted by Crippen LogP contribution is 2.24. The van der Waals surface area contributed by atoms with E-state index in [0.29, 0.717) is 13.0 Å². The van der Waals surface area contributed by atoms with Crippen LogP contribution in [0.5, 0.6) is 0 Å². The van der Waals surface area contributed by atoms with Crippen molar-refractivity contribution in [2.45, 2.75) is 40.7 Å². The quantitative estimate of drug-likeness (QED) is 0.188. The van der Waals surface area contributed by atoms with Gasteiger partial charge in [-0.05, 0) is 67.8 Å². The molecule has 3 aromatic rings. The van der Waals surface area contributed by atoms with Gasteiger partial charge in [0.1, 0.15) is 6.54 Å². The minimum absolute atomic E-state index is 0.228. The number of aromatic nitrogens is 1. The van der Waals surface area contributed by atoms with E-state index in [1.54, 1.807) is 0 Å². The molecule has 190 valence electrons. The van der Waals surface area contributed by atoms with Crippen LogP contribution in [-0.2, 0) is 16.7 Å². The van der Waals surface area contributed by atoms with Gasteiger partial charge in [0.25, 0.3) is 10.1 Å². The van der Waals surface area contributed by atoms with Gasteiger partial charge in [-0.3, -0.25) is 4.55 Å². The molecule has 0 aliphatic carbocycles. The molecule has 0 fully saturated rings. The standard InChI is InChI=1S/C30H36N2O3S/c1-24(2)12-19-32(20-13-25(3)4)30-11-10-28-22-27(8-9-29(28)23-30)7-6-26-14-17-31(18-15-26)16-5-21-36(33,34)35/h6-15,17-18,22-23H,5,16,19-21H2,1-4H3/p+1. The topological polar surface area (TPSA) is 61.5 Å². The molecule has 1 heterocycles. The van der Waals surface area contributed by atoms with E-state index in [1.807, 2.05) is 29.1 Å². The second kappa shape index (κ2) is 12.7. The molecule has 0 saturated heterocycles. The van der Waals surface area contributed by atoms with E-state index >= 15 is 0 Å². The molecule has 2 aromatic carbocycles. The molecule has 5 nitrogen and oxygen atoms in total. The normalized spacial score (nSPS) is 11.6. The summed E-state index contributed by atoms with van der Waals surface area (Å²) in [6, 6.07) is 17.1. The Morgan fingerprint density at radius 2 is 1.42 bits per heavy atom. The Morgan fingerprint density at radius 1 is 0.833 bits per heavy atom. The number of rotatable bonds is 11. The van der Waals surface area contributed by atoms with Gasteiger partial charge in [0.05, 0.1) is 5.75 Å². The predicted octanol–water partition coefficient (Wildman–Crippen LogP) is 6.31. The highest BCUT2D eigenvalue weighted by molar-refractivity contribution is 7.85. The third-order valence-electron chi connectivity index (χ3n) is 5.86. The number of hydrogen-bond acceptors (Lipinski definition) is 3. The zero-order chi connectivity index (χ0) is 26.1. The average molecular weight is 506 g/mol. The Morgan fingerprint density at radius 3 is 2.03 bits per heavy atom. The van der Waals surface area contributed by atoms with Crippen LogP contribution in [0.1, 0.15) is 45.2 Å². The van der Waals surface area contributed by atoms with E-state index in [9.17, 15) is 8.42 Å². The summed E-state index contributed by atoms with van der Waals surface area (Å²) in [7, 11) is -3.91. The Bertz CT molecular complexity index is 1340. The van der Waals surface area contributed by atoms with Gasteiger partial charge in [0.2, 0.25) is 0 Å². The Kier molecular flexibility index (Phi) is 9.62. The SMILES string of the molecule is CC(C)=CCN(CC=C(C)C)c1ccc2cc(/C=C/c3cc[n+](CCCS(=O)(=O)O)cc3)ccc2c1. The van der Waals surface area contributed by atoms with Crippen LogP contribution in [-0.4, -0.2) is 31.8 Å². The Balaban J connectivity index is 1.71. The Hall–Kier alpha value is -3.22. The molecule has 6 heteroatoms. The molecule has 0 bridgehead atoms. The molecule has 1 aromatic heterocycles. The molecule has 1 N–H and O–H groups in total. The van der Waals surface area contributed by atoms with Crippen LogP contribution in [0.15, 0.2) is 84.2 Å². The van der Waals surface area contributed by atoms with E-state index in [-0.39, 0.29) is 5.75 Å². The minimum atomic E-state index is -3.91. The largest absolute Gasteiger partial charge is 0.364 e. The number of allylic oxidation sites excluding steroid dienone is 2. The molecule has 0 aliphatic rings. The van der Waals surface area contributed by atoms with Gasteiger partial charge in [-0.25, -0.2) is 4.57 Å². The van der Waals surface area contributed by atoms with E-state index in [1.165, 1.54) is 27.6 Å². The third kappa shape index (κ3) is 9.10. The lowest BCUT2D eigenvalue weighted by Crippen LogP contribution is -2.33. The Labute approximate surface area is 215 Å². The molecule has 36 heavy (non-hydrogen) atoms. The van der Waals surface area contributed by atoms with Crippen molar-refractivity contribution in [3.63, 3.8) is 0 Å². The first-order chi connectivity index (χ1) is 17.1. The second-order valence-electron chi connectivity index (χ2n) is 9.60. The summed E-state index contributed by atoms with van der Waals surface area (Å²) < 4.78 is 32.5. The van der Waals surface area contributed by atoms with Gasteiger partial charge < -0.3 is 4.90 Å². The highest BCUT2D eigenvalue weighted by atomic mass is 32.2. The predicted molar refractivity (Wildman–Crippen MR) is 152 cm³/mol. The van der Waals surface area contributed by atoms with Crippen molar-refractivity contribution in [3.8, 4) is 0 Å². The van der Waals surface area contributed by atoms with Crippen molar-refractivity contribution in [3.05, 3.63) is 95.3 Å². The van der Waals surface area contributed by atoms with Crippen molar-refractivity contribution in [1.82, 2.24) is 0 Å². The highest BCUT2D eigenvalue weighted by Gasteiger charge is 2.08. The van der Waals surface area contributed by atoms with Crippen LogP contribution in [0.2, 0.25) is 0 Å². The number of aryl methyl sites for hydroxylation is 1. The fourth-order valence-electron chi connectivity index (χ4n) is 3.77. The van der Waals surface area contributed by atoms with Crippen LogP contribution < -0.4 is 9.47 Å². The van der Waals surface area contributed by atoms with Gasteiger partial charge in [-0.2, -0.15) is 8.42 Å². The first kappa shape index (κ1) is 27.4. The smallest absolute Gasteiger partial charge is 0.265 e. The fourth-order valence-corrected chi connectivity index (χ4v) is 4.27. The molecule has 0 amide bonds. The van der Waals surface area contributed by atoms with Crippen LogP contribution >= 0.6 is 0 Å². The summed E-state index contributed by atoms with van der Waals surface area (Å²) in [4.78, 5) is 2.39. The lowest BCUT2D eigenvalue weighted by atomic mass is 10.0. The van der Waals surface area contributed by atoms with Gasteiger partial charge >= 0.3 is 0 Å². The summed E-state index contributed by atoms with van der Waals surface area (Å²) in [6.45, 7) is 10.8. The number of benzene rings is 2. The van der Waals surface area contributed by atoms with Crippen LogP contribution in [0.25, 0.3) is 22.9 Å². The fraction of sp³-hybridized carbons (Fsp3) is 0.300. The summed E-state index contributed by atoms with van der Waals surface area (Å²) in [5, 5.41) is 2.42. The maximum absolute atomic E-state index is 10.9. The first-order valence-corrected chi connectivity index (χ1v) is 13.9. The third-order valence-corrected chi connectivity index (χ3v) is 6.66. The number of hydrogen-bond donors (Lipinski definition) is 1. The molecule has 0 unspecified atom stereocenters. The van der Waals surface area contributed by atoms with Crippen molar-refractivity contribution in [2.75, 3.05) is 23.7 Å². The monoisotopic (exact) mass is 505 g/mol. The molecule has 0 saturated carbocycles. The number of pyridine rings is 1. The minimum Gasteiger partial charge on any atom is -0.364 e. The number of anilines is 1. The van der Waals surface area contributed by atoms with Crippen LogP contribution in [0.3, 0.4) is 0 Å². The maximum atomic E-state index is 10.9. The number of fused-ring (bicyclic) bond motifs is 1. The second-order valence-corrected chi connectivity index (χ2v) is 11.2. The summed E-state index contributed by atoms with van der Waals surface area (Å²) in [5.41, 5.74) is 6.05. The lowest BCUT2D eigenvalue weighted by molar-refractivity contribution is -0.696. The first-order valence-electron chi connectivity index (χ1n) is 12.3. The van der Waals surface area contributed by atoms with Crippen LogP contribution in [0.4, 0.5) is 5.69 Å². The van der Waals surface area contributed by atoms with Gasteiger partial charge in [-0.1, -0.05) is 53.6 Å². The van der Waals surface area contributed by atoms with Gasteiger partial charge in [-0.15, -0.1) is 0 Å². The van der Waals surface area contributed by atoms with Gasteiger partial charge in [0, 0.05) is 37.3 Å². The average Bonchev–Trinajstić information content (AvgIpc) is 2.82. The lowest BCUT2D eigenvalue weighted by Gasteiger charge is -2.23. The van der Waals surface area contributed by atoms with Crippen molar-refractivity contribution in [1.29, 1.82) is 0 Å². The van der Waals surface area contributed by atoms with E-state index in [0.717, 1.165) is 24.2 Å². The van der Waals surface area contributed by atoms with Gasteiger partial charge in [0.15, 0.2) is 12.4 Å². The van der Waals surface area contributed by atoms with Crippen LogP contribution in [0, 0.1) is 0 Å². The zero-order valence-electron chi connectivity index (χ0n) is 21.7. The summed E-state index contributed by atoms with van der Waals surface area (Å²) >= 11 is 0. The maximum Gasteiger partial charge on any atom is 0.265 e. The van der Waals surface area contributed by atoms with E-state index in [4.69, 9.17) is 4.55 Å². The molecular weight excluding hydrogens is 468 g/mol. The molecule has 3 rings (SSSR count). The van der Waals surface area contributed by atoms with E-state index in [2.05, 4.69) is 93.3 Å². The van der Waals surface area contributed by atoms with E-state index < -0.39 is 10.1 Å². The molecule has 0 radical (unpaired) electrons.